The van der Waals surface area contributed by atoms with Crippen LogP contribution in [0.1, 0.15) is 15.9 Å². The van der Waals surface area contributed by atoms with Crippen LogP contribution >= 0.6 is 0 Å². The quantitative estimate of drug-likeness (QED) is 0.655. The highest BCUT2D eigenvalue weighted by Gasteiger charge is 2.10. The minimum atomic E-state index is -1.08. The number of nitrogens with zero attached hydrogens (tertiary/aromatic N) is 2. The molecule has 2 aromatic rings. The van der Waals surface area contributed by atoms with Crippen molar-refractivity contribution in [2.45, 2.75) is 0 Å². The normalized spacial score (nSPS) is 10.4. The Morgan fingerprint density at radius 1 is 1.15 bits per heavy atom. The Balaban J connectivity index is 2.09. The van der Waals surface area contributed by atoms with Crippen molar-refractivity contribution < 1.29 is 14.7 Å². The zero-order valence-corrected chi connectivity index (χ0v) is 10.6. The Labute approximate surface area is 115 Å². The fraction of sp³-hybridized carbons (Fsp3) is 0. The van der Waals surface area contributed by atoms with Crippen molar-refractivity contribution in [1.82, 2.24) is 0 Å². The molecule has 0 aliphatic rings. The fourth-order valence-corrected chi connectivity index (χ4v) is 1.51. The number of hydrogen-bond donors (Lipinski definition) is 1. The highest BCUT2D eigenvalue weighted by Crippen LogP contribution is 2.19. The zero-order valence-electron chi connectivity index (χ0n) is 10.6. The molecule has 2 rings (SSSR count). The summed E-state index contributed by atoms with van der Waals surface area (Å²) in [6.07, 6.45) is 1.72. The summed E-state index contributed by atoms with van der Waals surface area (Å²) >= 11 is 0. The molecule has 20 heavy (non-hydrogen) atoms. The second-order valence-electron chi connectivity index (χ2n) is 3.87. The molecular weight excluding hydrogens is 256 g/mol. The number of carboxylic acids is 1. The van der Waals surface area contributed by atoms with Crippen LogP contribution in [0.3, 0.4) is 0 Å². The third-order valence-corrected chi connectivity index (χ3v) is 2.54. The average Bonchev–Trinajstić information content (AvgIpc) is 2.48. The van der Waals surface area contributed by atoms with E-state index in [0.29, 0.717) is 5.69 Å². The molecule has 1 N–H and O–H groups in total. The van der Waals surface area contributed by atoms with E-state index in [2.05, 4.69) is 17.0 Å². The number of aromatic carboxylic acids is 1. The van der Waals surface area contributed by atoms with Crippen molar-refractivity contribution in [2.24, 2.45) is 10.4 Å². The highest BCUT2D eigenvalue weighted by atomic mass is 16.6. The van der Waals surface area contributed by atoms with Crippen molar-refractivity contribution in [1.29, 1.82) is 0 Å². The van der Waals surface area contributed by atoms with E-state index in [4.69, 9.17) is 9.94 Å². The molecule has 0 radical (unpaired) electrons. The van der Waals surface area contributed by atoms with E-state index >= 15 is 0 Å². The Kier molecular flexibility index (Phi) is 4.24. The molecule has 100 valence electrons. The van der Waals surface area contributed by atoms with Crippen LogP contribution in [-0.2, 0) is 0 Å². The van der Waals surface area contributed by atoms with Gasteiger partial charge in [0.2, 0.25) is 0 Å². The highest BCUT2D eigenvalue weighted by molar-refractivity contribution is 5.90. The van der Waals surface area contributed by atoms with Crippen LogP contribution in [0.2, 0.25) is 0 Å². The summed E-state index contributed by atoms with van der Waals surface area (Å²) in [6, 6.07) is 13.4. The van der Waals surface area contributed by atoms with Gasteiger partial charge in [-0.2, -0.15) is 0 Å². The van der Waals surface area contributed by atoms with Crippen LogP contribution in [0.5, 0.6) is 5.75 Å². The number of benzene rings is 2. The second kappa shape index (κ2) is 6.29. The van der Waals surface area contributed by atoms with Gasteiger partial charge in [0.05, 0.1) is 5.69 Å². The topological polar surface area (TPSA) is 71.2 Å². The molecule has 0 spiro atoms. The Morgan fingerprint density at radius 3 is 2.50 bits per heavy atom. The first kappa shape index (κ1) is 13.5. The summed E-state index contributed by atoms with van der Waals surface area (Å²) < 4.78 is 0. The lowest BCUT2D eigenvalue weighted by atomic mass is 10.2. The van der Waals surface area contributed by atoms with Gasteiger partial charge >= 0.3 is 5.97 Å². The van der Waals surface area contributed by atoms with Crippen molar-refractivity contribution in [2.75, 3.05) is 0 Å². The van der Waals surface area contributed by atoms with Crippen molar-refractivity contribution >= 4 is 17.7 Å². The molecule has 0 aliphatic heterocycles. The summed E-state index contributed by atoms with van der Waals surface area (Å²) in [5, 5.41) is 16.4. The molecule has 0 fully saturated rings. The van der Waals surface area contributed by atoms with E-state index in [-0.39, 0.29) is 11.3 Å². The minimum Gasteiger partial charge on any atom is -0.478 e. The standard InChI is InChI=1S/C15H12N2O3/c1-2-11-7-9-12(10-8-11)16-17-20-14-6-4-3-5-13(14)15(18)19/h2-10H,1H2,(H,18,19). The molecule has 0 saturated carbocycles. The number of carbonyl (C=O) groups is 1. The maximum Gasteiger partial charge on any atom is 0.339 e. The van der Waals surface area contributed by atoms with Crippen molar-refractivity contribution in [3.63, 3.8) is 0 Å². The van der Waals surface area contributed by atoms with E-state index in [9.17, 15) is 4.79 Å². The number of rotatable bonds is 5. The van der Waals surface area contributed by atoms with Crippen LogP contribution < -0.4 is 4.84 Å². The van der Waals surface area contributed by atoms with Crippen molar-refractivity contribution in [3.05, 3.63) is 66.2 Å². The van der Waals surface area contributed by atoms with Gasteiger partial charge in [0.25, 0.3) is 0 Å². The van der Waals surface area contributed by atoms with Crippen LogP contribution in [0.15, 0.2) is 65.5 Å². The van der Waals surface area contributed by atoms with Gasteiger partial charge in [-0.3, -0.25) is 0 Å². The lowest BCUT2D eigenvalue weighted by Gasteiger charge is -2.01. The smallest absolute Gasteiger partial charge is 0.339 e. The summed E-state index contributed by atoms with van der Waals surface area (Å²) in [6.45, 7) is 3.65. The average molecular weight is 268 g/mol. The monoisotopic (exact) mass is 268 g/mol. The first-order valence-corrected chi connectivity index (χ1v) is 5.83. The van der Waals surface area contributed by atoms with Gasteiger partial charge in [-0.05, 0) is 29.8 Å². The van der Waals surface area contributed by atoms with Gasteiger partial charge in [0, 0.05) is 5.28 Å². The van der Waals surface area contributed by atoms with Crippen LogP contribution in [0.25, 0.3) is 6.08 Å². The molecule has 0 aliphatic carbocycles. The van der Waals surface area contributed by atoms with Gasteiger partial charge in [-0.25, -0.2) is 4.79 Å². The third kappa shape index (κ3) is 3.29. The lowest BCUT2D eigenvalue weighted by molar-refractivity contribution is 0.0692. The summed E-state index contributed by atoms with van der Waals surface area (Å²) in [5.74, 6) is -0.933. The van der Waals surface area contributed by atoms with Gasteiger partial charge in [0.1, 0.15) is 5.56 Å². The molecule has 0 aromatic heterocycles. The molecule has 0 atom stereocenters. The SMILES string of the molecule is C=Cc1ccc(N=NOc2ccccc2C(=O)O)cc1. The molecule has 0 amide bonds. The summed E-state index contributed by atoms with van der Waals surface area (Å²) in [5.41, 5.74) is 1.61. The van der Waals surface area contributed by atoms with E-state index in [1.165, 1.54) is 12.1 Å². The zero-order chi connectivity index (χ0) is 14.4. The lowest BCUT2D eigenvalue weighted by Crippen LogP contribution is -1.98. The maximum absolute atomic E-state index is 11.0. The van der Waals surface area contributed by atoms with Crippen LogP contribution in [0, 0.1) is 0 Å². The first-order valence-electron chi connectivity index (χ1n) is 5.83. The molecule has 2 aromatic carbocycles. The van der Waals surface area contributed by atoms with Gasteiger partial charge in [0.15, 0.2) is 5.75 Å². The molecule has 5 heteroatoms. The first-order chi connectivity index (χ1) is 9.70. The molecule has 5 nitrogen and oxygen atoms in total. The van der Waals surface area contributed by atoms with E-state index in [1.54, 1.807) is 30.3 Å². The van der Waals surface area contributed by atoms with Crippen LogP contribution in [-0.4, -0.2) is 11.1 Å². The Morgan fingerprint density at radius 2 is 1.85 bits per heavy atom. The third-order valence-electron chi connectivity index (χ3n) is 2.54. The Bertz CT molecular complexity index is 648. The summed E-state index contributed by atoms with van der Waals surface area (Å²) in [4.78, 5) is 16.0. The molecule has 0 heterocycles. The van der Waals surface area contributed by atoms with E-state index in [1.807, 2.05) is 12.1 Å². The molecular formula is C15H12N2O3. The van der Waals surface area contributed by atoms with E-state index < -0.39 is 5.97 Å². The molecule has 0 unspecified atom stereocenters. The predicted molar refractivity (Wildman–Crippen MR) is 75.1 cm³/mol. The van der Waals surface area contributed by atoms with E-state index in [0.717, 1.165) is 5.56 Å². The van der Waals surface area contributed by atoms with Gasteiger partial charge in [-0.1, -0.05) is 36.9 Å². The van der Waals surface area contributed by atoms with Crippen molar-refractivity contribution in [3.8, 4) is 5.75 Å². The predicted octanol–water partition coefficient (Wildman–Crippen LogP) is 4.11. The Hall–Kier alpha value is -2.95. The summed E-state index contributed by atoms with van der Waals surface area (Å²) in [7, 11) is 0. The number of carboxylic acid groups (broad SMARTS) is 1. The minimum absolute atomic E-state index is 0.0356. The van der Waals surface area contributed by atoms with Crippen LogP contribution in [0.4, 0.5) is 5.69 Å². The largest absolute Gasteiger partial charge is 0.478 e. The number of hydrogen-bond acceptors (Lipinski definition) is 4. The molecule has 0 saturated heterocycles. The second-order valence-corrected chi connectivity index (χ2v) is 3.87. The maximum atomic E-state index is 11.0. The van der Waals surface area contributed by atoms with Gasteiger partial charge in [-0.15, -0.1) is 5.11 Å². The fourth-order valence-electron chi connectivity index (χ4n) is 1.51. The van der Waals surface area contributed by atoms with Gasteiger partial charge < -0.3 is 9.94 Å². The molecule has 0 bridgehead atoms. The number of para-hydroxylation sites is 1.